The van der Waals surface area contributed by atoms with E-state index >= 15 is 0 Å². The Balaban J connectivity index is 3.99. The van der Waals surface area contributed by atoms with Gasteiger partial charge in [-0.15, -0.1) is 0 Å². The standard InChI is InChI=1S/C11H21BrO2/c1-6-9(8(2)3)7-14-10(13)11(4,5)12/h8-9H,6-7H2,1-5H3. The minimum atomic E-state index is -0.567. The van der Waals surface area contributed by atoms with Crippen LogP contribution in [0.2, 0.25) is 0 Å². The molecule has 0 aliphatic heterocycles. The van der Waals surface area contributed by atoms with Gasteiger partial charge in [-0.25, -0.2) is 0 Å². The molecule has 1 unspecified atom stereocenters. The first-order valence-corrected chi connectivity index (χ1v) is 5.94. The average Bonchev–Trinajstić information content (AvgIpc) is 2.02. The van der Waals surface area contributed by atoms with E-state index in [1.807, 2.05) is 0 Å². The van der Waals surface area contributed by atoms with Crippen molar-refractivity contribution in [2.75, 3.05) is 6.61 Å². The summed E-state index contributed by atoms with van der Waals surface area (Å²) < 4.78 is 4.67. The van der Waals surface area contributed by atoms with Gasteiger partial charge < -0.3 is 4.74 Å². The molecule has 1 atom stereocenters. The van der Waals surface area contributed by atoms with Gasteiger partial charge in [-0.05, 0) is 32.1 Å². The van der Waals surface area contributed by atoms with Crippen molar-refractivity contribution in [3.8, 4) is 0 Å². The van der Waals surface area contributed by atoms with E-state index in [0.717, 1.165) is 6.42 Å². The van der Waals surface area contributed by atoms with Crippen LogP contribution >= 0.6 is 15.9 Å². The fourth-order valence-corrected chi connectivity index (χ4v) is 1.25. The summed E-state index contributed by atoms with van der Waals surface area (Å²) in [6, 6.07) is 0. The number of rotatable bonds is 5. The summed E-state index contributed by atoms with van der Waals surface area (Å²) in [4.78, 5) is 11.4. The average molecular weight is 265 g/mol. The van der Waals surface area contributed by atoms with Crippen LogP contribution in [0.5, 0.6) is 0 Å². The lowest BCUT2D eigenvalue weighted by molar-refractivity contribution is -0.147. The van der Waals surface area contributed by atoms with Crippen molar-refractivity contribution in [2.45, 2.75) is 45.4 Å². The van der Waals surface area contributed by atoms with E-state index in [9.17, 15) is 4.79 Å². The largest absolute Gasteiger partial charge is 0.464 e. The van der Waals surface area contributed by atoms with Crippen LogP contribution in [0.1, 0.15) is 41.0 Å². The van der Waals surface area contributed by atoms with Gasteiger partial charge in [0.1, 0.15) is 4.32 Å². The molecule has 0 saturated carbocycles. The first-order chi connectivity index (χ1) is 6.29. The van der Waals surface area contributed by atoms with Gasteiger partial charge in [0.05, 0.1) is 6.61 Å². The normalized spacial score (nSPS) is 14.2. The predicted octanol–water partition coefficient (Wildman–Crippen LogP) is 3.39. The van der Waals surface area contributed by atoms with Crippen LogP contribution in [-0.2, 0) is 9.53 Å². The minimum Gasteiger partial charge on any atom is -0.464 e. The number of carbonyl (C=O) groups is 1. The summed E-state index contributed by atoms with van der Waals surface area (Å²) in [6.45, 7) is 10.6. The predicted molar refractivity (Wildman–Crippen MR) is 62.6 cm³/mol. The quantitative estimate of drug-likeness (QED) is 0.562. The molecule has 84 valence electrons. The summed E-state index contributed by atoms with van der Waals surface area (Å²) in [5.74, 6) is 0.844. The van der Waals surface area contributed by atoms with Crippen LogP contribution in [0.15, 0.2) is 0 Å². The number of ether oxygens (including phenoxy) is 1. The van der Waals surface area contributed by atoms with Crippen LogP contribution in [0.3, 0.4) is 0 Å². The molecular formula is C11H21BrO2. The van der Waals surface area contributed by atoms with E-state index in [2.05, 4.69) is 36.7 Å². The molecule has 0 aromatic carbocycles. The van der Waals surface area contributed by atoms with Crippen LogP contribution in [0.25, 0.3) is 0 Å². The fraction of sp³-hybridized carbons (Fsp3) is 0.909. The van der Waals surface area contributed by atoms with Gasteiger partial charge in [-0.1, -0.05) is 36.7 Å². The number of esters is 1. The lowest BCUT2D eigenvalue weighted by Crippen LogP contribution is -2.29. The van der Waals surface area contributed by atoms with Crippen LogP contribution in [0.4, 0.5) is 0 Å². The SMILES string of the molecule is CCC(COC(=O)C(C)(C)Br)C(C)C. The monoisotopic (exact) mass is 264 g/mol. The second kappa shape index (κ2) is 5.74. The molecule has 14 heavy (non-hydrogen) atoms. The smallest absolute Gasteiger partial charge is 0.322 e. The Bertz CT molecular complexity index is 182. The maximum atomic E-state index is 11.4. The third-order valence-electron chi connectivity index (χ3n) is 2.38. The van der Waals surface area contributed by atoms with Gasteiger partial charge in [0.2, 0.25) is 0 Å². The Kier molecular flexibility index (Phi) is 5.72. The van der Waals surface area contributed by atoms with Gasteiger partial charge in [0.25, 0.3) is 0 Å². The Morgan fingerprint density at radius 3 is 2.21 bits per heavy atom. The van der Waals surface area contributed by atoms with Crippen LogP contribution in [0, 0.1) is 11.8 Å². The molecule has 0 aromatic heterocycles. The lowest BCUT2D eigenvalue weighted by Gasteiger charge is -2.21. The number of hydrogen-bond acceptors (Lipinski definition) is 2. The molecule has 0 aliphatic carbocycles. The third-order valence-corrected chi connectivity index (χ3v) is 2.70. The van der Waals surface area contributed by atoms with Crippen LogP contribution in [-0.4, -0.2) is 16.9 Å². The van der Waals surface area contributed by atoms with Gasteiger partial charge in [-0.2, -0.15) is 0 Å². The number of halogens is 1. The molecule has 2 nitrogen and oxygen atoms in total. The first kappa shape index (κ1) is 13.9. The molecule has 0 N–H and O–H groups in total. The molecule has 0 aliphatic rings. The van der Waals surface area contributed by atoms with Gasteiger partial charge >= 0.3 is 5.97 Å². The molecule has 3 heteroatoms. The number of alkyl halides is 1. The maximum absolute atomic E-state index is 11.4. The highest BCUT2D eigenvalue weighted by Crippen LogP contribution is 2.20. The fourth-order valence-electron chi connectivity index (χ4n) is 1.14. The van der Waals surface area contributed by atoms with Crippen molar-refractivity contribution in [3.63, 3.8) is 0 Å². The molecular weight excluding hydrogens is 244 g/mol. The van der Waals surface area contributed by atoms with Crippen molar-refractivity contribution < 1.29 is 9.53 Å². The molecule has 0 saturated heterocycles. The highest BCUT2D eigenvalue weighted by Gasteiger charge is 2.26. The first-order valence-electron chi connectivity index (χ1n) is 5.15. The lowest BCUT2D eigenvalue weighted by atomic mass is 9.94. The highest BCUT2D eigenvalue weighted by atomic mass is 79.9. The molecule has 0 aromatic rings. The molecule has 0 rings (SSSR count). The second-order valence-corrected chi connectivity index (χ2v) is 6.47. The highest BCUT2D eigenvalue weighted by molar-refractivity contribution is 9.10. The zero-order valence-electron chi connectivity index (χ0n) is 9.76. The number of hydrogen-bond donors (Lipinski definition) is 0. The van der Waals surface area contributed by atoms with E-state index in [4.69, 9.17) is 4.74 Å². The minimum absolute atomic E-state index is 0.184. The van der Waals surface area contributed by atoms with E-state index in [1.54, 1.807) is 13.8 Å². The summed E-state index contributed by atoms with van der Waals surface area (Å²) in [7, 11) is 0. The zero-order chi connectivity index (χ0) is 11.4. The van der Waals surface area contributed by atoms with Crippen molar-refractivity contribution in [2.24, 2.45) is 11.8 Å². The maximum Gasteiger partial charge on any atom is 0.322 e. The Hall–Kier alpha value is -0.0500. The Labute approximate surface area is 95.5 Å². The Morgan fingerprint density at radius 1 is 1.43 bits per heavy atom. The zero-order valence-corrected chi connectivity index (χ0v) is 11.3. The van der Waals surface area contributed by atoms with Crippen molar-refractivity contribution in [1.82, 2.24) is 0 Å². The molecule has 0 fully saturated rings. The number of carbonyl (C=O) groups excluding carboxylic acids is 1. The summed E-state index contributed by atoms with van der Waals surface area (Å²) >= 11 is 3.28. The van der Waals surface area contributed by atoms with E-state index < -0.39 is 4.32 Å². The second-order valence-electron chi connectivity index (χ2n) is 4.48. The van der Waals surface area contributed by atoms with E-state index in [0.29, 0.717) is 18.4 Å². The summed E-state index contributed by atoms with van der Waals surface area (Å²) in [5, 5.41) is 0. The Morgan fingerprint density at radius 2 is 1.93 bits per heavy atom. The molecule has 0 amide bonds. The van der Waals surface area contributed by atoms with Crippen LogP contribution < -0.4 is 0 Å². The van der Waals surface area contributed by atoms with E-state index in [-0.39, 0.29) is 5.97 Å². The molecule has 0 spiro atoms. The van der Waals surface area contributed by atoms with Crippen molar-refractivity contribution in [3.05, 3.63) is 0 Å². The molecule has 0 heterocycles. The molecule has 0 radical (unpaired) electrons. The summed E-state index contributed by atoms with van der Waals surface area (Å²) in [6.07, 6.45) is 1.05. The van der Waals surface area contributed by atoms with Crippen molar-refractivity contribution >= 4 is 21.9 Å². The summed E-state index contributed by atoms with van der Waals surface area (Å²) in [5.41, 5.74) is 0. The van der Waals surface area contributed by atoms with E-state index in [1.165, 1.54) is 0 Å². The van der Waals surface area contributed by atoms with Gasteiger partial charge in [0, 0.05) is 0 Å². The van der Waals surface area contributed by atoms with Gasteiger partial charge in [0.15, 0.2) is 0 Å². The molecule has 0 bridgehead atoms. The van der Waals surface area contributed by atoms with Gasteiger partial charge in [-0.3, -0.25) is 4.79 Å². The topological polar surface area (TPSA) is 26.3 Å². The van der Waals surface area contributed by atoms with Crippen molar-refractivity contribution in [1.29, 1.82) is 0 Å². The third kappa shape index (κ3) is 4.99.